The van der Waals surface area contributed by atoms with E-state index in [9.17, 15) is 45.6 Å². The van der Waals surface area contributed by atoms with E-state index >= 15 is 0 Å². The second-order valence-electron chi connectivity index (χ2n) is 25.0. The third kappa shape index (κ3) is 42.8. The van der Waals surface area contributed by atoms with Gasteiger partial charge in [-0.1, -0.05) is 284 Å². The van der Waals surface area contributed by atoms with Crippen LogP contribution in [0.3, 0.4) is 0 Å². The summed E-state index contributed by atoms with van der Waals surface area (Å²) in [6, 6.07) is -0.960. The van der Waals surface area contributed by atoms with Crippen molar-refractivity contribution in [1.82, 2.24) is 5.32 Å². The lowest BCUT2D eigenvalue weighted by Gasteiger charge is -2.46. The van der Waals surface area contributed by atoms with E-state index in [1.807, 2.05) is 6.08 Å². The predicted octanol–water partition coefficient (Wildman–Crippen LogP) is 15.1. The van der Waals surface area contributed by atoms with E-state index in [1.54, 1.807) is 6.08 Å². The van der Waals surface area contributed by atoms with Gasteiger partial charge in [-0.15, -0.1) is 0 Å². The van der Waals surface area contributed by atoms with Gasteiger partial charge >= 0.3 is 0 Å². The van der Waals surface area contributed by atoms with Crippen molar-refractivity contribution in [2.24, 2.45) is 0 Å². The van der Waals surface area contributed by atoms with Gasteiger partial charge in [0.1, 0.15) is 48.8 Å². The first-order chi connectivity index (χ1) is 44.1. The van der Waals surface area contributed by atoms with Gasteiger partial charge in [0.05, 0.1) is 32.0 Å². The van der Waals surface area contributed by atoms with E-state index in [4.69, 9.17) is 18.9 Å². The largest absolute Gasteiger partial charge is 0.394 e. The maximum Gasteiger partial charge on any atom is 0.220 e. The number of allylic oxidation sites excluding steroid dienone is 17. The number of hydrogen-bond donors (Lipinski definition) is 9. The number of ether oxygens (including phenoxy) is 4. The zero-order valence-electron chi connectivity index (χ0n) is 56.3. The Balaban J connectivity index is 1.71. The van der Waals surface area contributed by atoms with Crippen molar-refractivity contribution >= 4 is 5.91 Å². The molecule has 2 aliphatic rings. The van der Waals surface area contributed by atoms with Gasteiger partial charge < -0.3 is 65.1 Å². The Labute approximate surface area is 546 Å². The first-order valence-corrected chi connectivity index (χ1v) is 36.1. The number of aliphatic hydroxyl groups is 8. The Hall–Kier alpha value is -3.35. The van der Waals surface area contributed by atoms with E-state index in [1.165, 1.54) is 161 Å². The predicted molar refractivity (Wildman–Crippen MR) is 369 cm³/mol. The minimum Gasteiger partial charge on any atom is -0.394 e. The smallest absolute Gasteiger partial charge is 0.220 e. The molecule has 2 rings (SSSR count). The summed E-state index contributed by atoms with van der Waals surface area (Å²) in [4.78, 5) is 13.3. The Morgan fingerprint density at radius 2 is 0.778 bits per heavy atom. The van der Waals surface area contributed by atoms with E-state index < -0.39 is 86.8 Å². The lowest BCUT2D eigenvalue weighted by atomic mass is 9.97. The molecule has 14 heteroatoms. The molecule has 0 spiro atoms. The average Bonchev–Trinajstić information content (AvgIpc) is 1.41. The fourth-order valence-corrected chi connectivity index (χ4v) is 11.2. The van der Waals surface area contributed by atoms with Gasteiger partial charge in [-0.25, -0.2) is 0 Å². The van der Waals surface area contributed by atoms with Crippen molar-refractivity contribution in [2.45, 2.75) is 344 Å². The van der Waals surface area contributed by atoms with Crippen LogP contribution in [-0.2, 0) is 23.7 Å². The molecule has 0 aliphatic carbocycles. The molecule has 0 radical (unpaired) electrons. The van der Waals surface area contributed by atoms with Crippen molar-refractivity contribution < 1.29 is 64.6 Å². The second kappa shape index (κ2) is 59.4. The van der Waals surface area contributed by atoms with Gasteiger partial charge in [0.2, 0.25) is 5.91 Å². The highest BCUT2D eigenvalue weighted by atomic mass is 16.7. The topological polar surface area (TPSA) is 228 Å². The summed E-state index contributed by atoms with van der Waals surface area (Å²) in [5.74, 6) is -0.283. The van der Waals surface area contributed by atoms with Crippen molar-refractivity contribution in [1.29, 1.82) is 0 Å². The number of unbranched alkanes of at least 4 members (excludes halogenated alkanes) is 29. The monoisotopic (exact) mass is 1270 g/mol. The lowest BCUT2D eigenvalue weighted by molar-refractivity contribution is -0.359. The van der Waals surface area contributed by atoms with Gasteiger partial charge in [-0.2, -0.15) is 0 Å². The van der Waals surface area contributed by atoms with Crippen LogP contribution in [-0.4, -0.2) is 140 Å². The minimum absolute atomic E-state index is 0.227. The van der Waals surface area contributed by atoms with Crippen molar-refractivity contribution in [3.05, 3.63) is 109 Å². The Morgan fingerprint density at radius 1 is 0.411 bits per heavy atom. The molecule has 90 heavy (non-hydrogen) atoms. The van der Waals surface area contributed by atoms with Crippen LogP contribution >= 0.6 is 0 Å². The van der Waals surface area contributed by atoms with Crippen LogP contribution in [0.25, 0.3) is 0 Å². The molecule has 0 aromatic heterocycles. The highest BCUT2D eigenvalue weighted by Gasteiger charge is 2.51. The van der Waals surface area contributed by atoms with E-state index in [0.29, 0.717) is 12.8 Å². The molecule has 0 aromatic carbocycles. The summed E-state index contributed by atoms with van der Waals surface area (Å²) in [7, 11) is 0. The highest BCUT2D eigenvalue weighted by Crippen LogP contribution is 2.30. The van der Waals surface area contributed by atoms with Crippen LogP contribution in [0, 0.1) is 0 Å². The fraction of sp³-hybridized carbons (Fsp3) is 0.750. The van der Waals surface area contributed by atoms with Crippen molar-refractivity contribution in [3.8, 4) is 0 Å². The first-order valence-electron chi connectivity index (χ1n) is 36.1. The molecule has 2 saturated heterocycles. The summed E-state index contributed by atoms with van der Waals surface area (Å²) < 4.78 is 22.8. The summed E-state index contributed by atoms with van der Waals surface area (Å²) in [6.07, 6.45) is 68.7. The molecule has 14 nitrogen and oxygen atoms in total. The number of amides is 1. The molecular formula is C76H131NO13. The van der Waals surface area contributed by atoms with Gasteiger partial charge in [-0.3, -0.25) is 4.79 Å². The first kappa shape index (κ1) is 82.7. The van der Waals surface area contributed by atoms with Crippen LogP contribution < -0.4 is 5.32 Å². The third-order valence-electron chi connectivity index (χ3n) is 16.9. The SMILES string of the molecule is CC/C=C\C/C=C\C/C=C\C/C=C\C/C=C\C/C=C\C/C=C\CCCCCC(=O)NC(COC1OC(CO)C(OC2OC(CO)C(O)C(O)C2O)C(O)C1O)C(O)/C=C/CC/C=C/CCCCCCCCCCCCCCCCCCCCCCCCCCC. The molecule has 2 fully saturated rings. The van der Waals surface area contributed by atoms with Crippen LogP contribution in [0.4, 0.5) is 0 Å². The van der Waals surface area contributed by atoms with Crippen LogP contribution in [0.5, 0.6) is 0 Å². The fourth-order valence-electron chi connectivity index (χ4n) is 11.2. The molecule has 12 atom stereocenters. The normalized spacial score (nSPS) is 23.6. The zero-order chi connectivity index (χ0) is 65.2. The number of rotatable bonds is 58. The molecule has 2 aliphatic heterocycles. The Kier molecular flexibility index (Phi) is 54.6. The number of hydrogen-bond acceptors (Lipinski definition) is 13. The van der Waals surface area contributed by atoms with Crippen LogP contribution in [0.2, 0.25) is 0 Å². The van der Waals surface area contributed by atoms with Crippen molar-refractivity contribution in [3.63, 3.8) is 0 Å². The molecule has 0 aromatic rings. The van der Waals surface area contributed by atoms with E-state index in [2.05, 4.69) is 116 Å². The second-order valence-corrected chi connectivity index (χ2v) is 25.0. The van der Waals surface area contributed by atoms with Gasteiger partial charge in [0, 0.05) is 6.42 Å². The molecule has 1 amide bonds. The minimum atomic E-state index is -1.80. The van der Waals surface area contributed by atoms with Crippen molar-refractivity contribution in [2.75, 3.05) is 19.8 Å². The van der Waals surface area contributed by atoms with E-state index in [0.717, 1.165) is 77.0 Å². The third-order valence-corrected chi connectivity index (χ3v) is 16.9. The summed E-state index contributed by atoms with van der Waals surface area (Å²) in [6.45, 7) is 2.66. The maximum atomic E-state index is 13.3. The van der Waals surface area contributed by atoms with Gasteiger partial charge in [-0.05, 0) is 89.9 Å². The summed E-state index contributed by atoms with van der Waals surface area (Å²) >= 11 is 0. The molecule has 12 unspecified atom stereocenters. The van der Waals surface area contributed by atoms with E-state index in [-0.39, 0.29) is 18.9 Å². The van der Waals surface area contributed by atoms with Crippen LogP contribution in [0.1, 0.15) is 271 Å². The quantitative estimate of drug-likeness (QED) is 0.0204. The number of nitrogens with one attached hydrogen (secondary N) is 1. The van der Waals surface area contributed by atoms with Gasteiger partial charge in [0.25, 0.3) is 0 Å². The zero-order valence-corrected chi connectivity index (χ0v) is 56.3. The maximum absolute atomic E-state index is 13.3. The lowest BCUT2D eigenvalue weighted by Crippen LogP contribution is -2.65. The van der Waals surface area contributed by atoms with Crippen LogP contribution in [0.15, 0.2) is 109 Å². The molecule has 2 heterocycles. The van der Waals surface area contributed by atoms with Gasteiger partial charge in [0.15, 0.2) is 12.6 Å². The molecule has 0 saturated carbocycles. The highest BCUT2D eigenvalue weighted by molar-refractivity contribution is 5.76. The standard InChI is InChI=1S/C76H131NO13/c1-3-5-7-9-11-13-15-17-19-21-23-25-27-29-30-31-32-33-34-36-37-39-41-43-45-47-49-51-53-55-57-59-65(80)64(63-87-75-73(86)71(84)74(67(62-79)89-75)90-76-72(85)70(83)69(82)66(61-78)88-76)77-68(81)60-58-56-54-52-50-48-46-44-42-40-38-35-28-26-24-22-20-18-16-14-12-10-8-6-4-2/h6,8,12,14,18,20,24,26,35,38,42,44,48-51,57,59,64-67,69-76,78-80,82-86H,3-5,7,9-11,13,15-17,19,21-23,25,27-34,36-37,39-41,43,45-47,52-56,58,60-63H2,1-2H3,(H,77,81)/b8-6-,14-12-,20-18-,26-24-,38-35-,44-42-,50-48-,51-49+,59-57+. The number of carbonyl (C=O) groups excluding carboxylic acids is 1. The average molecular weight is 1270 g/mol. The molecular weight excluding hydrogens is 1130 g/mol. The Bertz CT molecular complexity index is 1930. The number of aliphatic hydroxyl groups excluding tert-OH is 8. The Morgan fingerprint density at radius 3 is 1.22 bits per heavy atom. The molecule has 0 bridgehead atoms. The molecule has 518 valence electrons. The summed E-state index contributed by atoms with van der Waals surface area (Å²) in [5.41, 5.74) is 0. The summed E-state index contributed by atoms with van der Waals surface area (Å²) in [5, 5.41) is 87.4. The number of carbonyl (C=O) groups is 1. The molecule has 9 N–H and O–H groups in total.